The van der Waals surface area contributed by atoms with Gasteiger partial charge in [0.1, 0.15) is 0 Å². The molecule has 1 N–H and O–H groups in total. The number of carbonyl (C=O) groups excluding carboxylic acids is 1. The van der Waals surface area contributed by atoms with Crippen LogP contribution in [0, 0.1) is 3.57 Å². The largest absolute Gasteiger partial charge is 0.325 e. The highest BCUT2D eigenvalue weighted by molar-refractivity contribution is 14.1. The Bertz CT molecular complexity index is 638. The van der Waals surface area contributed by atoms with Gasteiger partial charge in [-0.15, -0.1) is 0 Å². The molecule has 0 aromatic heterocycles. The van der Waals surface area contributed by atoms with Crippen molar-refractivity contribution in [2.45, 2.75) is 25.2 Å². The minimum atomic E-state index is -0.0176. The summed E-state index contributed by atoms with van der Waals surface area (Å²) in [6.07, 6.45) is 3.11. The summed E-state index contributed by atoms with van der Waals surface area (Å²) in [5.74, 6) is 0.0947. The maximum atomic E-state index is 12.6. The average molecular weight is 377 g/mol. The molecule has 0 heterocycles. The van der Waals surface area contributed by atoms with Crippen LogP contribution in [0.4, 0.5) is 5.69 Å². The lowest BCUT2D eigenvalue weighted by Crippen LogP contribution is -2.25. The van der Waals surface area contributed by atoms with E-state index in [2.05, 4.69) is 46.1 Å². The first kappa shape index (κ1) is 13.6. The summed E-state index contributed by atoms with van der Waals surface area (Å²) in [4.78, 5) is 12.6. The van der Waals surface area contributed by atoms with Crippen molar-refractivity contribution in [1.29, 1.82) is 0 Å². The van der Waals surface area contributed by atoms with Crippen LogP contribution in [-0.4, -0.2) is 5.91 Å². The van der Waals surface area contributed by atoms with Gasteiger partial charge >= 0.3 is 0 Å². The number of benzene rings is 2. The van der Waals surface area contributed by atoms with Gasteiger partial charge in [-0.25, -0.2) is 0 Å². The second-order valence-corrected chi connectivity index (χ2v) is 6.27. The summed E-state index contributed by atoms with van der Waals surface area (Å²) >= 11 is 2.25. The third-order valence-corrected chi connectivity index (χ3v) is 4.76. The quantitative estimate of drug-likeness (QED) is 0.775. The van der Waals surface area contributed by atoms with Crippen LogP contribution in [0.1, 0.15) is 29.9 Å². The third-order valence-electron chi connectivity index (χ3n) is 3.82. The van der Waals surface area contributed by atoms with Crippen LogP contribution < -0.4 is 5.32 Å². The maximum Gasteiger partial charge on any atom is 0.231 e. The molecule has 102 valence electrons. The molecular weight excluding hydrogens is 361 g/mol. The van der Waals surface area contributed by atoms with Gasteiger partial charge in [-0.1, -0.05) is 36.4 Å². The van der Waals surface area contributed by atoms with Gasteiger partial charge < -0.3 is 5.32 Å². The molecule has 20 heavy (non-hydrogen) atoms. The maximum absolute atomic E-state index is 12.6. The molecule has 2 aromatic rings. The zero-order valence-corrected chi connectivity index (χ0v) is 13.3. The SMILES string of the molecule is O=C(Nc1ccccc1I)C1CCCc2ccccc21. The normalized spacial score (nSPS) is 17.4. The Balaban J connectivity index is 1.84. The summed E-state index contributed by atoms with van der Waals surface area (Å²) in [5.41, 5.74) is 3.42. The van der Waals surface area contributed by atoms with Crippen LogP contribution in [0.5, 0.6) is 0 Å². The van der Waals surface area contributed by atoms with E-state index in [1.54, 1.807) is 0 Å². The highest BCUT2D eigenvalue weighted by Gasteiger charge is 2.26. The van der Waals surface area contributed by atoms with E-state index >= 15 is 0 Å². The van der Waals surface area contributed by atoms with Crippen LogP contribution in [-0.2, 0) is 11.2 Å². The van der Waals surface area contributed by atoms with E-state index in [0.29, 0.717) is 0 Å². The van der Waals surface area contributed by atoms with Crippen molar-refractivity contribution in [2.75, 3.05) is 5.32 Å². The highest BCUT2D eigenvalue weighted by Crippen LogP contribution is 2.32. The van der Waals surface area contributed by atoms with E-state index in [1.165, 1.54) is 11.1 Å². The van der Waals surface area contributed by atoms with Crippen LogP contribution in [0.25, 0.3) is 0 Å². The number of halogens is 1. The average Bonchev–Trinajstić information content (AvgIpc) is 2.49. The zero-order chi connectivity index (χ0) is 13.9. The van der Waals surface area contributed by atoms with Crippen molar-refractivity contribution in [3.8, 4) is 0 Å². The van der Waals surface area contributed by atoms with Crippen molar-refractivity contribution in [2.24, 2.45) is 0 Å². The number of amides is 1. The van der Waals surface area contributed by atoms with Crippen molar-refractivity contribution in [1.82, 2.24) is 0 Å². The molecule has 2 nitrogen and oxygen atoms in total. The summed E-state index contributed by atoms with van der Waals surface area (Å²) in [5, 5.41) is 3.07. The number of hydrogen-bond donors (Lipinski definition) is 1. The summed E-state index contributed by atoms with van der Waals surface area (Å²) < 4.78 is 1.07. The van der Waals surface area contributed by atoms with Gasteiger partial charge in [-0.05, 0) is 65.1 Å². The van der Waals surface area contributed by atoms with E-state index in [1.807, 2.05) is 30.3 Å². The molecule has 1 amide bonds. The molecule has 0 saturated carbocycles. The number of rotatable bonds is 2. The zero-order valence-electron chi connectivity index (χ0n) is 11.1. The Morgan fingerprint density at radius 2 is 1.85 bits per heavy atom. The Kier molecular flexibility index (Phi) is 4.05. The lowest BCUT2D eigenvalue weighted by Gasteiger charge is -2.24. The van der Waals surface area contributed by atoms with E-state index < -0.39 is 0 Å². The number of aryl methyl sites for hydroxylation is 1. The van der Waals surface area contributed by atoms with Gasteiger partial charge in [0.25, 0.3) is 0 Å². The Labute approximate surface area is 132 Å². The van der Waals surface area contributed by atoms with Gasteiger partial charge in [-0.3, -0.25) is 4.79 Å². The molecule has 0 spiro atoms. The molecule has 0 fully saturated rings. The Morgan fingerprint density at radius 1 is 1.10 bits per heavy atom. The fraction of sp³-hybridized carbons (Fsp3) is 0.235. The van der Waals surface area contributed by atoms with Crippen molar-refractivity contribution in [3.05, 3.63) is 63.2 Å². The number of fused-ring (bicyclic) bond motifs is 1. The molecule has 1 atom stereocenters. The van der Waals surface area contributed by atoms with E-state index in [4.69, 9.17) is 0 Å². The van der Waals surface area contributed by atoms with Crippen LogP contribution in [0.3, 0.4) is 0 Å². The molecule has 2 aromatic carbocycles. The van der Waals surface area contributed by atoms with Gasteiger partial charge in [0.2, 0.25) is 5.91 Å². The summed E-state index contributed by atoms with van der Waals surface area (Å²) in [7, 11) is 0. The molecule has 0 bridgehead atoms. The predicted molar refractivity (Wildman–Crippen MR) is 89.9 cm³/mol. The van der Waals surface area contributed by atoms with E-state index in [9.17, 15) is 4.79 Å². The first-order valence-electron chi connectivity index (χ1n) is 6.89. The molecule has 1 unspecified atom stereocenters. The van der Waals surface area contributed by atoms with Crippen LogP contribution >= 0.6 is 22.6 Å². The number of nitrogens with one attached hydrogen (secondary N) is 1. The van der Waals surface area contributed by atoms with Gasteiger partial charge in [0, 0.05) is 3.57 Å². The molecule has 0 aliphatic heterocycles. The smallest absolute Gasteiger partial charge is 0.231 e. The monoisotopic (exact) mass is 377 g/mol. The van der Waals surface area contributed by atoms with E-state index in [0.717, 1.165) is 28.5 Å². The number of carbonyl (C=O) groups is 1. The van der Waals surface area contributed by atoms with Gasteiger partial charge in [0.15, 0.2) is 0 Å². The second-order valence-electron chi connectivity index (χ2n) is 5.11. The minimum absolute atomic E-state index is 0.0176. The lowest BCUT2D eigenvalue weighted by molar-refractivity contribution is -0.117. The van der Waals surface area contributed by atoms with Crippen LogP contribution in [0.15, 0.2) is 48.5 Å². The van der Waals surface area contributed by atoms with Crippen molar-refractivity contribution >= 4 is 34.2 Å². The standard InChI is InChI=1S/C17H16INO/c18-15-10-3-4-11-16(15)19-17(20)14-9-5-7-12-6-1-2-8-13(12)14/h1-4,6,8,10-11,14H,5,7,9H2,(H,19,20). The number of para-hydroxylation sites is 1. The van der Waals surface area contributed by atoms with Gasteiger partial charge in [0.05, 0.1) is 11.6 Å². The molecular formula is C17H16INO. The predicted octanol–water partition coefficient (Wildman–Crippen LogP) is 4.35. The third kappa shape index (κ3) is 2.73. The first-order valence-corrected chi connectivity index (χ1v) is 7.97. The van der Waals surface area contributed by atoms with Crippen molar-refractivity contribution in [3.63, 3.8) is 0 Å². The molecule has 0 saturated heterocycles. The number of hydrogen-bond acceptors (Lipinski definition) is 1. The molecule has 0 radical (unpaired) electrons. The Hall–Kier alpha value is -1.36. The van der Waals surface area contributed by atoms with E-state index in [-0.39, 0.29) is 11.8 Å². The highest BCUT2D eigenvalue weighted by atomic mass is 127. The molecule has 1 aliphatic carbocycles. The molecule has 3 heteroatoms. The van der Waals surface area contributed by atoms with Crippen molar-refractivity contribution < 1.29 is 4.79 Å². The summed E-state index contributed by atoms with van der Waals surface area (Å²) in [6.45, 7) is 0. The molecule has 3 rings (SSSR count). The topological polar surface area (TPSA) is 29.1 Å². The minimum Gasteiger partial charge on any atom is -0.325 e. The lowest BCUT2D eigenvalue weighted by atomic mass is 9.82. The van der Waals surface area contributed by atoms with Crippen LogP contribution in [0.2, 0.25) is 0 Å². The van der Waals surface area contributed by atoms with Gasteiger partial charge in [-0.2, -0.15) is 0 Å². The number of anilines is 1. The molecule has 1 aliphatic rings. The fourth-order valence-corrected chi connectivity index (χ4v) is 3.33. The Morgan fingerprint density at radius 3 is 2.70 bits per heavy atom. The fourth-order valence-electron chi connectivity index (χ4n) is 2.81. The second kappa shape index (κ2) is 5.95. The summed E-state index contributed by atoms with van der Waals surface area (Å²) in [6, 6.07) is 16.2. The first-order chi connectivity index (χ1) is 9.75.